The number of likely N-dealkylation sites (tertiary alicyclic amines) is 2. The van der Waals surface area contributed by atoms with Crippen molar-refractivity contribution in [3.63, 3.8) is 0 Å². The second-order valence-corrected chi connectivity index (χ2v) is 18.8. The summed E-state index contributed by atoms with van der Waals surface area (Å²) in [6, 6.07) is 11.6. The zero-order chi connectivity index (χ0) is 39.2. The maximum absolute atomic E-state index is 13.1. The predicted octanol–water partition coefficient (Wildman–Crippen LogP) is 8.06. The van der Waals surface area contributed by atoms with E-state index in [1.54, 1.807) is 38.1 Å². The summed E-state index contributed by atoms with van der Waals surface area (Å²) >= 11 is 6.51. The van der Waals surface area contributed by atoms with E-state index in [0.29, 0.717) is 30.1 Å². The van der Waals surface area contributed by atoms with E-state index in [1.165, 1.54) is 17.3 Å². The number of sulfone groups is 1. The molecule has 0 spiro atoms. The fourth-order valence-corrected chi connectivity index (χ4v) is 8.48. The first-order valence-corrected chi connectivity index (χ1v) is 21.1. The van der Waals surface area contributed by atoms with Crippen molar-refractivity contribution in [2.24, 2.45) is 0 Å². The lowest BCUT2D eigenvalue weighted by atomic mass is 9.85. The fraction of sp³-hybridized carbons (Fsp3) is 0.575. The molecule has 2 aromatic carbocycles. The lowest BCUT2D eigenvalue weighted by molar-refractivity contribution is 0.0511. The number of nitrogens with zero attached hydrogens (tertiary/aromatic N) is 4. The van der Waals surface area contributed by atoms with Gasteiger partial charge in [-0.15, -0.1) is 0 Å². The van der Waals surface area contributed by atoms with Crippen LogP contribution in [0.4, 0.5) is 27.9 Å². The van der Waals surface area contributed by atoms with Crippen LogP contribution in [0.25, 0.3) is 0 Å². The van der Waals surface area contributed by atoms with Gasteiger partial charge in [0.2, 0.25) is 5.95 Å². The number of nitrogens with one attached hydrogen (secondary N) is 3. The molecule has 1 aromatic heterocycles. The van der Waals surface area contributed by atoms with Gasteiger partial charge in [0.1, 0.15) is 16.4 Å². The van der Waals surface area contributed by atoms with E-state index in [4.69, 9.17) is 21.1 Å². The van der Waals surface area contributed by atoms with Crippen LogP contribution in [0, 0.1) is 6.92 Å². The zero-order valence-corrected chi connectivity index (χ0v) is 34.6. The molecule has 296 valence electrons. The van der Waals surface area contributed by atoms with Gasteiger partial charge >= 0.3 is 6.09 Å². The van der Waals surface area contributed by atoms with Crippen LogP contribution in [-0.4, -0.2) is 96.5 Å². The van der Waals surface area contributed by atoms with Gasteiger partial charge in [-0.2, -0.15) is 4.98 Å². The van der Waals surface area contributed by atoms with E-state index >= 15 is 0 Å². The fourth-order valence-electron chi connectivity index (χ4n) is 7.14. The molecule has 2 fully saturated rings. The first-order valence-electron chi connectivity index (χ1n) is 19.1. The smallest absolute Gasteiger partial charge is 0.407 e. The number of benzene rings is 2. The van der Waals surface area contributed by atoms with Crippen LogP contribution in [0.2, 0.25) is 5.02 Å². The van der Waals surface area contributed by atoms with Crippen molar-refractivity contribution in [3.8, 4) is 5.75 Å². The van der Waals surface area contributed by atoms with Crippen molar-refractivity contribution >= 4 is 50.7 Å². The Labute approximate surface area is 326 Å². The molecule has 0 atom stereocenters. The largest absolute Gasteiger partial charge is 0.489 e. The number of aromatic nitrogens is 2. The molecular weight excluding hydrogens is 726 g/mol. The SMILES string of the molecule is Cc1cc(Nc2ncc(Cl)c(Nc3ccccc3S(=O)(=O)C(C)C)n2)c(OC(C)C)cc1C1CCN(C2CCN(CCNC(=O)OC(C)(C)C)CC2)CC1. The van der Waals surface area contributed by atoms with E-state index in [1.807, 2.05) is 34.6 Å². The van der Waals surface area contributed by atoms with Gasteiger partial charge in [0.05, 0.1) is 33.8 Å². The maximum Gasteiger partial charge on any atom is 0.407 e. The van der Waals surface area contributed by atoms with Crippen molar-refractivity contribution in [3.05, 3.63) is 58.7 Å². The molecule has 0 unspecified atom stereocenters. The molecule has 54 heavy (non-hydrogen) atoms. The number of ether oxygens (including phenoxy) is 2. The Morgan fingerprint density at radius 2 is 1.67 bits per heavy atom. The van der Waals surface area contributed by atoms with Crippen molar-refractivity contribution in [1.82, 2.24) is 25.1 Å². The van der Waals surface area contributed by atoms with E-state index in [9.17, 15) is 13.2 Å². The van der Waals surface area contributed by atoms with Gasteiger partial charge in [-0.3, -0.25) is 0 Å². The zero-order valence-electron chi connectivity index (χ0n) is 33.0. The summed E-state index contributed by atoms with van der Waals surface area (Å²) in [5.41, 5.74) is 3.11. The van der Waals surface area contributed by atoms with Crippen molar-refractivity contribution < 1.29 is 22.7 Å². The molecular formula is C40H58ClN7O5S. The van der Waals surface area contributed by atoms with Gasteiger partial charge < -0.3 is 35.2 Å². The molecule has 3 heterocycles. The highest BCUT2D eigenvalue weighted by molar-refractivity contribution is 7.92. The second kappa shape index (κ2) is 17.9. The first-order chi connectivity index (χ1) is 25.5. The highest BCUT2D eigenvalue weighted by atomic mass is 35.5. The molecule has 3 N–H and O–H groups in total. The molecule has 0 bridgehead atoms. The summed E-state index contributed by atoms with van der Waals surface area (Å²) in [4.78, 5) is 26.3. The lowest BCUT2D eigenvalue weighted by Gasteiger charge is -2.42. The minimum atomic E-state index is -3.55. The van der Waals surface area contributed by atoms with Crippen LogP contribution in [0.5, 0.6) is 5.75 Å². The van der Waals surface area contributed by atoms with E-state index < -0.39 is 20.7 Å². The summed E-state index contributed by atoms with van der Waals surface area (Å²) in [5, 5.41) is 9.02. The number of anilines is 4. The number of hydrogen-bond acceptors (Lipinski definition) is 11. The average Bonchev–Trinajstić information content (AvgIpc) is 3.10. The predicted molar refractivity (Wildman–Crippen MR) is 217 cm³/mol. The Morgan fingerprint density at radius 3 is 2.31 bits per heavy atom. The number of hydrogen-bond donors (Lipinski definition) is 3. The van der Waals surface area contributed by atoms with Gasteiger partial charge in [0, 0.05) is 19.1 Å². The lowest BCUT2D eigenvalue weighted by Crippen LogP contribution is -2.48. The molecule has 0 aliphatic carbocycles. The normalized spacial score (nSPS) is 16.8. The Bertz CT molecular complexity index is 1850. The quantitative estimate of drug-likeness (QED) is 0.155. The molecule has 0 radical (unpaired) electrons. The number of para-hydroxylation sites is 1. The highest BCUT2D eigenvalue weighted by Gasteiger charge is 2.30. The summed E-state index contributed by atoms with van der Waals surface area (Å²) in [6.45, 7) is 20.7. The number of piperidine rings is 2. The van der Waals surface area contributed by atoms with Crippen molar-refractivity contribution in [2.75, 3.05) is 49.9 Å². The van der Waals surface area contributed by atoms with E-state index in [2.05, 4.69) is 54.8 Å². The van der Waals surface area contributed by atoms with Gasteiger partial charge in [0.15, 0.2) is 15.7 Å². The third-order valence-corrected chi connectivity index (χ3v) is 12.4. The number of carbonyl (C=O) groups is 1. The topological polar surface area (TPSA) is 138 Å². The van der Waals surface area contributed by atoms with Crippen LogP contribution in [0.15, 0.2) is 47.5 Å². The second-order valence-electron chi connectivity index (χ2n) is 15.9. The standard InChI is InChI=1S/C40H58ClN7O5S/c1-26(2)52-35-24-31(29-13-20-48(21-14-29)30-15-18-47(19-16-30)22-17-42-39(49)53-40(6,7)8)28(5)23-34(35)45-38-43-25-32(41)37(46-38)44-33-11-9-10-12-36(33)54(50,51)27(3)4/h9-12,23-27,29-30H,13-22H2,1-8H3,(H,42,49)(H2,43,44,45,46). The van der Waals surface area contributed by atoms with Gasteiger partial charge in [0.25, 0.3) is 0 Å². The third kappa shape index (κ3) is 11.0. The molecule has 12 nitrogen and oxygen atoms in total. The molecule has 3 aromatic rings. The number of amides is 1. The van der Waals surface area contributed by atoms with Gasteiger partial charge in [-0.05, 0) is 149 Å². The van der Waals surface area contributed by atoms with Crippen LogP contribution in [0.1, 0.15) is 91.2 Å². The third-order valence-electron chi connectivity index (χ3n) is 9.93. The molecule has 0 saturated carbocycles. The van der Waals surface area contributed by atoms with E-state index in [0.717, 1.165) is 69.8 Å². The average molecular weight is 784 g/mol. The van der Waals surface area contributed by atoms with Gasteiger partial charge in [-0.1, -0.05) is 23.7 Å². The number of carbonyl (C=O) groups excluding carboxylic acids is 1. The van der Waals surface area contributed by atoms with Crippen LogP contribution in [0.3, 0.4) is 0 Å². The Hall–Kier alpha value is -3.65. The number of aryl methyl sites for hydroxylation is 1. The van der Waals surface area contributed by atoms with Crippen molar-refractivity contribution in [1.29, 1.82) is 0 Å². The monoisotopic (exact) mass is 783 g/mol. The Morgan fingerprint density at radius 1 is 0.981 bits per heavy atom. The molecule has 2 aliphatic rings. The maximum atomic E-state index is 13.1. The molecule has 14 heteroatoms. The van der Waals surface area contributed by atoms with Crippen LogP contribution >= 0.6 is 11.6 Å². The summed E-state index contributed by atoms with van der Waals surface area (Å²) in [6.07, 6.45) is 5.52. The highest BCUT2D eigenvalue weighted by Crippen LogP contribution is 2.39. The Kier molecular flexibility index (Phi) is 13.7. The van der Waals surface area contributed by atoms with Crippen LogP contribution < -0.4 is 20.7 Å². The summed E-state index contributed by atoms with van der Waals surface area (Å²) < 4.78 is 37.8. The van der Waals surface area contributed by atoms with Gasteiger partial charge in [-0.25, -0.2) is 18.2 Å². The minimum absolute atomic E-state index is 0.0512. The molecule has 2 aliphatic heterocycles. The number of rotatable bonds is 13. The minimum Gasteiger partial charge on any atom is -0.489 e. The van der Waals surface area contributed by atoms with Crippen LogP contribution in [-0.2, 0) is 14.6 Å². The summed E-state index contributed by atoms with van der Waals surface area (Å²) in [5.74, 6) is 1.73. The van der Waals surface area contributed by atoms with E-state index in [-0.39, 0.29) is 27.9 Å². The Balaban J connectivity index is 1.21. The molecule has 1 amide bonds. The number of alkyl carbamates (subject to hydrolysis) is 1. The molecule has 2 saturated heterocycles. The van der Waals surface area contributed by atoms with Crippen molar-refractivity contribution in [2.45, 2.75) is 115 Å². The summed E-state index contributed by atoms with van der Waals surface area (Å²) in [7, 11) is -3.55. The number of halogens is 1. The molecule has 5 rings (SSSR count). The first kappa shape index (κ1) is 41.5.